The molecule has 1 aromatic carbocycles. The second kappa shape index (κ2) is 4.83. The fourth-order valence-electron chi connectivity index (χ4n) is 1.33. The number of hydrogen-bond donors (Lipinski definition) is 4. The summed E-state index contributed by atoms with van der Waals surface area (Å²) >= 11 is 0. The highest BCUT2D eigenvalue weighted by atomic mass is 16.3. The lowest BCUT2D eigenvalue weighted by atomic mass is 10.1. The quantitative estimate of drug-likeness (QED) is 0.531. The summed E-state index contributed by atoms with van der Waals surface area (Å²) in [6, 6.07) is 3.16. The van der Waals surface area contributed by atoms with Crippen molar-refractivity contribution in [2.45, 2.75) is 13.1 Å². The molecule has 0 heterocycles. The third-order valence-electron chi connectivity index (χ3n) is 2.01. The van der Waals surface area contributed by atoms with Gasteiger partial charge in [0.2, 0.25) is 0 Å². The van der Waals surface area contributed by atoms with Crippen molar-refractivity contribution in [2.75, 3.05) is 14.1 Å². The summed E-state index contributed by atoms with van der Waals surface area (Å²) in [5.74, 6) is 0.421. The van der Waals surface area contributed by atoms with E-state index in [1.54, 1.807) is 26.2 Å². The Hall–Kier alpha value is -1.26. The number of phenolic OH excluding ortho intramolecular Hbond substituents is 2. The number of rotatable bonds is 4. The van der Waals surface area contributed by atoms with Crippen LogP contribution in [-0.2, 0) is 13.1 Å². The summed E-state index contributed by atoms with van der Waals surface area (Å²) in [6.45, 7) is 1.08. The number of phenols is 2. The third kappa shape index (κ3) is 2.37. The highest BCUT2D eigenvalue weighted by molar-refractivity contribution is 5.45. The lowest BCUT2D eigenvalue weighted by Crippen LogP contribution is -2.08. The fourth-order valence-corrected chi connectivity index (χ4v) is 1.33. The van der Waals surface area contributed by atoms with Crippen LogP contribution in [0.25, 0.3) is 0 Å². The highest BCUT2D eigenvalue weighted by Gasteiger charge is 2.07. The van der Waals surface area contributed by atoms with Gasteiger partial charge in [-0.1, -0.05) is 0 Å². The second-order valence-corrected chi connectivity index (χ2v) is 3.17. The van der Waals surface area contributed by atoms with Crippen LogP contribution in [0.5, 0.6) is 11.5 Å². The van der Waals surface area contributed by atoms with Gasteiger partial charge >= 0.3 is 0 Å². The van der Waals surface area contributed by atoms with E-state index in [0.717, 1.165) is 0 Å². The van der Waals surface area contributed by atoms with E-state index in [-0.39, 0.29) is 11.5 Å². The fraction of sp³-hybridized carbons (Fsp3) is 0.400. The first kappa shape index (κ1) is 10.8. The minimum absolute atomic E-state index is 0.211. The van der Waals surface area contributed by atoms with Crippen LogP contribution in [0.15, 0.2) is 12.1 Å². The Morgan fingerprint density at radius 2 is 1.29 bits per heavy atom. The average Bonchev–Trinajstić information content (AvgIpc) is 2.14. The van der Waals surface area contributed by atoms with Gasteiger partial charge in [-0.25, -0.2) is 0 Å². The molecule has 14 heavy (non-hydrogen) atoms. The first-order valence-electron chi connectivity index (χ1n) is 4.52. The summed E-state index contributed by atoms with van der Waals surface area (Å²) in [6.07, 6.45) is 0. The molecule has 0 aliphatic rings. The molecule has 1 aromatic rings. The largest absolute Gasteiger partial charge is 0.508 e. The molecule has 4 heteroatoms. The van der Waals surface area contributed by atoms with Crippen LogP contribution in [0.3, 0.4) is 0 Å². The topological polar surface area (TPSA) is 64.5 Å². The molecule has 0 saturated carbocycles. The molecule has 0 fully saturated rings. The summed E-state index contributed by atoms with van der Waals surface area (Å²) in [5.41, 5.74) is 1.40. The van der Waals surface area contributed by atoms with Gasteiger partial charge in [-0.15, -0.1) is 0 Å². The normalized spacial score (nSPS) is 10.4. The summed E-state index contributed by atoms with van der Waals surface area (Å²) in [7, 11) is 3.58. The van der Waals surface area contributed by atoms with Crippen molar-refractivity contribution in [3.05, 3.63) is 23.3 Å². The minimum Gasteiger partial charge on any atom is -0.508 e. The Balaban J connectivity index is 2.97. The Labute approximate surface area is 83.6 Å². The van der Waals surface area contributed by atoms with Crippen LogP contribution in [-0.4, -0.2) is 24.3 Å². The number of hydrogen-bond acceptors (Lipinski definition) is 4. The van der Waals surface area contributed by atoms with E-state index >= 15 is 0 Å². The molecule has 0 bridgehead atoms. The van der Waals surface area contributed by atoms with E-state index in [1.807, 2.05) is 0 Å². The smallest absolute Gasteiger partial charge is 0.120 e. The molecular formula is C10H16N2O2. The zero-order chi connectivity index (χ0) is 10.6. The summed E-state index contributed by atoms with van der Waals surface area (Å²) in [4.78, 5) is 0. The van der Waals surface area contributed by atoms with Crippen molar-refractivity contribution in [2.24, 2.45) is 0 Å². The zero-order valence-corrected chi connectivity index (χ0v) is 8.46. The van der Waals surface area contributed by atoms with Crippen molar-refractivity contribution in [3.63, 3.8) is 0 Å². The lowest BCUT2D eigenvalue weighted by Gasteiger charge is -2.09. The van der Waals surface area contributed by atoms with Crippen molar-refractivity contribution >= 4 is 0 Å². The molecule has 0 saturated heterocycles. The number of nitrogens with one attached hydrogen (secondary N) is 2. The van der Waals surface area contributed by atoms with Gasteiger partial charge in [-0.05, 0) is 26.2 Å². The van der Waals surface area contributed by atoms with Gasteiger partial charge in [0.15, 0.2) is 0 Å². The predicted octanol–water partition coefficient (Wildman–Crippen LogP) is 0.537. The van der Waals surface area contributed by atoms with Gasteiger partial charge in [-0.2, -0.15) is 0 Å². The third-order valence-corrected chi connectivity index (χ3v) is 2.01. The molecule has 4 N–H and O–H groups in total. The lowest BCUT2D eigenvalue weighted by molar-refractivity contribution is 0.445. The van der Waals surface area contributed by atoms with E-state index in [2.05, 4.69) is 10.6 Å². The molecule has 1 rings (SSSR count). The Morgan fingerprint density at radius 3 is 1.57 bits per heavy atom. The molecule has 0 amide bonds. The first-order chi connectivity index (χ1) is 6.69. The van der Waals surface area contributed by atoms with Crippen molar-refractivity contribution < 1.29 is 10.2 Å². The molecular weight excluding hydrogens is 180 g/mol. The van der Waals surface area contributed by atoms with E-state index in [0.29, 0.717) is 24.2 Å². The van der Waals surface area contributed by atoms with Crippen molar-refractivity contribution in [1.29, 1.82) is 0 Å². The molecule has 0 aliphatic heterocycles. The maximum absolute atomic E-state index is 9.59. The predicted molar refractivity (Wildman–Crippen MR) is 55.3 cm³/mol. The van der Waals surface area contributed by atoms with E-state index < -0.39 is 0 Å². The Bertz CT molecular complexity index is 281. The van der Waals surface area contributed by atoms with E-state index in [9.17, 15) is 10.2 Å². The average molecular weight is 196 g/mol. The number of aromatic hydroxyl groups is 2. The van der Waals surface area contributed by atoms with Crippen LogP contribution < -0.4 is 10.6 Å². The van der Waals surface area contributed by atoms with Gasteiger partial charge in [0, 0.05) is 24.2 Å². The zero-order valence-electron chi connectivity index (χ0n) is 8.46. The molecule has 0 atom stereocenters. The molecule has 0 spiro atoms. The van der Waals surface area contributed by atoms with E-state index in [4.69, 9.17) is 0 Å². The standard InChI is InChI=1S/C10H16N2O2/c1-11-5-7-3-10(14)8(6-12-2)4-9(7)13/h3-4,11-14H,5-6H2,1-2H3. The van der Waals surface area contributed by atoms with Gasteiger partial charge in [0.05, 0.1) is 0 Å². The Kier molecular flexibility index (Phi) is 3.73. The van der Waals surface area contributed by atoms with Gasteiger partial charge in [-0.3, -0.25) is 0 Å². The SMILES string of the molecule is CNCc1cc(O)c(CNC)cc1O. The molecule has 0 aliphatic carbocycles. The van der Waals surface area contributed by atoms with Gasteiger partial charge in [0.25, 0.3) is 0 Å². The van der Waals surface area contributed by atoms with Crippen LogP contribution in [0.2, 0.25) is 0 Å². The van der Waals surface area contributed by atoms with Crippen LogP contribution in [0.1, 0.15) is 11.1 Å². The molecule has 0 radical (unpaired) electrons. The second-order valence-electron chi connectivity index (χ2n) is 3.17. The first-order valence-corrected chi connectivity index (χ1v) is 4.52. The van der Waals surface area contributed by atoms with Crippen LogP contribution in [0.4, 0.5) is 0 Å². The van der Waals surface area contributed by atoms with Crippen LogP contribution >= 0.6 is 0 Å². The minimum atomic E-state index is 0.211. The number of benzene rings is 1. The summed E-state index contributed by atoms with van der Waals surface area (Å²) in [5, 5.41) is 25.0. The van der Waals surface area contributed by atoms with Crippen molar-refractivity contribution in [3.8, 4) is 11.5 Å². The maximum Gasteiger partial charge on any atom is 0.120 e. The van der Waals surface area contributed by atoms with Gasteiger partial charge < -0.3 is 20.8 Å². The highest BCUT2D eigenvalue weighted by Crippen LogP contribution is 2.26. The molecule has 78 valence electrons. The summed E-state index contributed by atoms with van der Waals surface area (Å²) < 4.78 is 0. The van der Waals surface area contributed by atoms with E-state index in [1.165, 1.54) is 0 Å². The van der Waals surface area contributed by atoms with Crippen LogP contribution in [0, 0.1) is 0 Å². The maximum atomic E-state index is 9.59. The van der Waals surface area contributed by atoms with Gasteiger partial charge in [0.1, 0.15) is 11.5 Å². The monoisotopic (exact) mass is 196 g/mol. The van der Waals surface area contributed by atoms with Crippen molar-refractivity contribution in [1.82, 2.24) is 10.6 Å². The molecule has 0 aromatic heterocycles. The molecule has 0 unspecified atom stereocenters. The molecule has 4 nitrogen and oxygen atoms in total. The Morgan fingerprint density at radius 1 is 0.929 bits per heavy atom.